The molecule has 1 aromatic carbocycles. The van der Waals surface area contributed by atoms with Crippen molar-refractivity contribution in [2.75, 3.05) is 7.05 Å². The maximum Gasteiger partial charge on any atom is 0.241 e. The van der Waals surface area contributed by atoms with Gasteiger partial charge in [0.1, 0.15) is 0 Å². The molecule has 1 aliphatic carbocycles. The lowest BCUT2D eigenvalue weighted by molar-refractivity contribution is 0.214. The molecule has 0 heterocycles. The van der Waals surface area contributed by atoms with Crippen molar-refractivity contribution < 1.29 is 8.42 Å². The van der Waals surface area contributed by atoms with Crippen LogP contribution in [0.1, 0.15) is 38.2 Å². The minimum absolute atomic E-state index is 0.217. The van der Waals surface area contributed by atoms with Gasteiger partial charge in [-0.05, 0) is 44.4 Å². The Kier molecular flexibility index (Phi) is 4.28. The van der Waals surface area contributed by atoms with E-state index in [-0.39, 0.29) is 5.54 Å². The Morgan fingerprint density at radius 1 is 1.26 bits per heavy atom. The highest BCUT2D eigenvalue weighted by Crippen LogP contribution is 2.36. The minimum atomic E-state index is -3.43. The first-order valence-corrected chi connectivity index (χ1v) is 8.28. The van der Waals surface area contributed by atoms with Crippen LogP contribution in [-0.2, 0) is 16.6 Å². The van der Waals surface area contributed by atoms with Crippen LogP contribution in [0.2, 0.25) is 0 Å². The summed E-state index contributed by atoms with van der Waals surface area (Å²) in [5, 5.41) is 3.01. The standard InChI is InChI=1S/C14H22N2O2S/c1-3-14(9-6-10-14)16-19(17,18)13-8-5-4-7-12(13)11-15-2/h4-5,7-8,15-16H,3,6,9-11H2,1-2H3. The van der Waals surface area contributed by atoms with Crippen LogP contribution in [0.5, 0.6) is 0 Å². The monoisotopic (exact) mass is 282 g/mol. The summed E-state index contributed by atoms with van der Waals surface area (Å²) in [5.41, 5.74) is 0.592. The molecule has 2 N–H and O–H groups in total. The molecule has 0 aliphatic heterocycles. The van der Waals surface area contributed by atoms with Crippen LogP contribution < -0.4 is 10.0 Å². The molecular weight excluding hydrogens is 260 g/mol. The Morgan fingerprint density at radius 2 is 1.95 bits per heavy atom. The number of rotatable bonds is 6. The Morgan fingerprint density at radius 3 is 2.47 bits per heavy atom. The third-order valence-corrected chi connectivity index (χ3v) is 5.65. The molecule has 1 aromatic rings. The van der Waals surface area contributed by atoms with Gasteiger partial charge in [0.25, 0.3) is 0 Å². The number of sulfonamides is 1. The topological polar surface area (TPSA) is 58.2 Å². The fourth-order valence-corrected chi connectivity index (χ4v) is 4.35. The highest BCUT2D eigenvalue weighted by atomic mass is 32.2. The van der Waals surface area contributed by atoms with Crippen LogP contribution >= 0.6 is 0 Å². The van der Waals surface area contributed by atoms with Gasteiger partial charge in [0, 0.05) is 12.1 Å². The summed E-state index contributed by atoms with van der Waals surface area (Å²) in [6.07, 6.45) is 3.84. The molecule has 1 aliphatic rings. The molecule has 2 rings (SSSR count). The van der Waals surface area contributed by atoms with E-state index in [0.29, 0.717) is 11.4 Å². The molecule has 0 saturated heterocycles. The van der Waals surface area contributed by atoms with E-state index in [0.717, 1.165) is 31.2 Å². The van der Waals surface area contributed by atoms with E-state index < -0.39 is 10.0 Å². The molecule has 19 heavy (non-hydrogen) atoms. The van der Waals surface area contributed by atoms with Crippen LogP contribution in [0.3, 0.4) is 0 Å². The highest BCUT2D eigenvalue weighted by Gasteiger charge is 2.39. The van der Waals surface area contributed by atoms with E-state index in [9.17, 15) is 8.42 Å². The summed E-state index contributed by atoms with van der Waals surface area (Å²) in [6.45, 7) is 2.59. The van der Waals surface area contributed by atoms with Crippen molar-refractivity contribution in [3.8, 4) is 0 Å². The fraction of sp³-hybridized carbons (Fsp3) is 0.571. The molecule has 0 unspecified atom stereocenters. The molecule has 0 bridgehead atoms. The maximum atomic E-state index is 12.6. The van der Waals surface area contributed by atoms with Gasteiger partial charge in [0.15, 0.2) is 0 Å². The third kappa shape index (κ3) is 2.99. The largest absolute Gasteiger partial charge is 0.316 e. The average molecular weight is 282 g/mol. The van der Waals surface area contributed by atoms with Crippen LogP contribution in [0.25, 0.3) is 0 Å². The van der Waals surface area contributed by atoms with Gasteiger partial charge >= 0.3 is 0 Å². The second-order valence-electron chi connectivity index (χ2n) is 5.23. The quantitative estimate of drug-likeness (QED) is 0.839. The molecule has 1 saturated carbocycles. The van der Waals surface area contributed by atoms with Crippen molar-refractivity contribution in [3.05, 3.63) is 29.8 Å². The Bertz CT molecular complexity index is 531. The van der Waals surface area contributed by atoms with Gasteiger partial charge in [0.2, 0.25) is 10.0 Å². The van der Waals surface area contributed by atoms with Crippen molar-refractivity contribution in [2.24, 2.45) is 0 Å². The SMILES string of the molecule is CCC1(NS(=O)(=O)c2ccccc2CNC)CCC1. The van der Waals surface area contributed by atoms with Gasteiger partial charge in [-0.15, -0.1) is 0 Å². The van der Waals surface area contributed by atoms with Crippen molar-refractivity contribution in [1.82, 2.24) is 10.0 Å². The molecule has 0 spiro atoms. The molecule has 0 atom stereocenters. The Hall–Kier alpha value is -0.910. The van der Waals surface area contributed by atoms with E-state index >= 15 is 0 Å². The molecule has 0 amide bonds. The predicted octanol–water partition coefficient (Wildman–Crippen LogP) is 2.02. The summed E-state index contributed by atoms with van der Waals surface area (Å²) >= 11 is 0. The lowest BCUT2D eigenvalue weighted by Gasteiger charge is -2.41. The van der Waals surface area contributed by atoms with Gasteiger partial charge in [0.05, 0.1) is 4.90 Å². The molecular formula is C14H22N2O2S. The molecule has 0 aromatic heterocycles. The summed E-state index contributed by atoms with van der Waals surface area (Å²) < 4.78 is 28.0. The predicted molar refractivity (Wildman–Crippen MR) is 76.4 cm³/mol. The first-order chi connectivity index (χ1) is 9.03. The van der Waals surface area contributed by atoms with Gasteiger partial charge in [-0.2, -0.15) is 0 Å². The number of hydrogen-bond donors (Lipinski definition) is 2. The van der Waals surface area contributed by atoms with Crippen molar-refractivity contribution in [1.29, 1.82) is 0 Å². The second-order valence-corrected chi connectivity index (χ2v) is 6.88. The maximum absolute atomic E-state index is 12.6. The second kappa shape index (κ2) is 5.61. The lowest BCUT2D eigenvalue weighted by atomic mass is 9.76. The fourth-order valence-electron chi connectivity index (χ4n) is 2.57. The van der Waals surface area contributed by atoms with Crippen LogP contribution in [-0.4, -0.2) is 21.0 Å². The van der Waals surface area contributed by atoms with E-state index in [4.69, 9.17) is 0 Å². The van der Waals surface area contributed by atoms with Crippen LogP contribution in [0.4, 0.5) is 0 Å². The van der Waals surface area contributed by atoms with Gasteiger partial charge in [-0.25, -0.2) is 13.1 Å². The number of nitrogens with one attached hydrogen (secondary N) is 2. The first kappa shape index (κ1) is 14.5. The van der Waals surface area contributed by atoms with Gasteiger partial charge in [-0.1, -0.05) is 25.1 Å². The zero-order valence-electron chi connectivity index (χ0n) is 11.6. The third-order valence-electron chi connectivity index (χ3n) is 3.97. The molecule has 1 fully saturated rings. The van der Waals surface area contributed by atoms with Crippen molar-refractivity contribution in [3.63, 3.8) is 0 Å². The molecule has 0 radical (unpaired) electrons. The van der Waals surface area contributed by atoms with Crippen LogP contribution in [0.15, 0.2) is 29.2 Å². The lowest BCUT2D eigenvalue weighted by Crippen LogP contribution is -2.52. The van der Waals surface area contributed by atoms with Gasteiger partial charge in [-0.3, -0.25) is 0 Å². The van der Waals surface area contributed by atoms with E-state index in [1.54, 1.807) is 12.1 Å². The van der Waals surface area contributed by atoms with Gasteiger partial charge < -0.3 is 5.32 Å². The van der Waals surface area contributed by atoms with E-state index in [2.05, 4.69) is 10.0 Å². The molecule has 4 nitrogen and oxygen atoms in total. The zero-order valence-corrected chi connectivity index (χ0v) is 12.4. The van der Waals surface area contributed by atoms with Crippen LogP contribution in [0, 0.1) is 0 Å². The van der Waals surface area contributed by atoms with Crippen molar-refractivity contribution in [2.45, 2.75) is 49.6 Å². The van der Waals surface area contributed by atoms with E-state index in [1.807, 2.05) is 26.1 Å². The zero-order chi connectivity index (χ0) is 13.9. The number of benzene rings is 1. The Balaban J connectivity index is 2.29. The summed E-state index contributed by atoms with van der Waals surface area (Å²) in [7, 11) is -1.62. The normalized spacial score (nSPS) is 18.0. The summed E-state index contributed by atoms with van der Waals surface area (Å²) in [6, 6.07) is 7.17. The minimum Gasteiger partial charge on any atom is -0.316 e. The first-order valence-electron chi connectivity index (χ1n) is 6.79. The smallest absolute Gasteiger partial charge is 0.241 e. The summed E-state index contributed by atoms with van der Waals surface area (Å²) in [5.74, 6) is 0. The highest BCUT2D eigenvalue weighted by molar-refractivity contribution is 7.89. The number of hydrogen-bond acceptors (Lipinski definition) is 3. The van der Waals surface area contributed by atoms with Crippen molar-refractivity contribution >= 4 is 10.0 Å². The molecule has 106 valence electrons. The average Bonchev–Trinajstić information content (AvgIpc) is 2.35. The Labute approximate surface area is 115 Å². The molecule has 5 heteroatoms. The van der Waals surface area contributed by atoms with E-state index in [1.165, 1.54) is 0 Å². The summed E-state index contributed by atoms with van der Waals surface area (Å²) in [4.78, 5) is 0.393.